The van der Waals surface area contributed by atoms with Gasteiger partial charge in [0.05, 0.1) is 0 Å². The van der Waals surface area contributed by atoms with E-state index in [-0.39, 0.29) is 11.8 Å². The Kier molecular flexibility index (Phi) is 12.4. The second kappa shape index (κ2) is 11.9. The Morgan fingerprint density at radius 2 is 1.39 bits per heavy atom. The highest BCUT2D eigenvalue weighted by molar-refractivity contribution is 5.91. The molecule has 0 aliphatic rings. The van der Waals surface area contributed by atoms with Crippen molar-refractivity contribution in [2.24, 2.45) is 11.5 Å². The third kappa shape index (κ3) is 12.5. The predicted molar refractivity (Wildman–Crippen MR) is 75.7 cm³/mol. The van der Waals surface area contributed by atoms with Gasteiger partial charge in [-0.3, -0.25) is 9.59 Å². The molecule has 0 aromatic carbocycles. The standard InChI is InChI=1S/C8H15NO.C6H11NO/c1-3-4-5-6-7(2)8(9)10;1-3-4-5(2)6(7)8/h6H,3-5H2,1-2H3,(H2,9,10);4H,3H2,1-2H3,(H2,7,8). The predicted octanol–water partition coefficient (Wildman–Crippen LogP) is 2.44. The number of carbonyl (C=O) groups is 2. The average Bonchev–Trinajstić information content (AvgIpc) is 2.30. The molecule has 0 aliphatic carbocycles. The smallest absolute Gasteiger partial charge is 0.244 e. The van der Waals surface area contributed by atoms with Crippen LogP contribution in [0.1, 0.15) is 53.4 Å². The number of amides is 2. The lowest BCUT2D eigenvalue weighted by molar-refractivity contribution is -0.115. The van der Waals surface area contributed by atoms with E-state index in [0.717, 1.165) is 25.7 Å². The molecule has 0 bridgehead atoms. The van der Waals surface area contributed by atoms with Crippen LogP contribution in [0.25, 0.3) is 0 Å². The zero-order chi connectivity index (χ0) is 14.6. The molecule has 0 atom stereocenters. The van der Waals surface area contributed by atoms with Crippen LogP contribution in [0.3, 0.4) is 0 Å². The molecule has 0 fully saturated rings. The van der Waals surface area contributed by atoms with Crippen molar-refractivity contribution in [3.05, 3.63) is 23.3 Å². The maximum absolute atomic E-state index is 10.4. The van der Waals surface area contributed by atoms with E-state index in [0.29, 0.717) is 11.1 Å². The van der Waals surface area contributed by atoms with E-state index in [1.165, 1.54) is 0 Å². The Bertz CT molecular complexity index is 318. The second-order valence-corrected chi connectivity index (χ2v) is 4.05. The van der Waals surface area contributed by atoms with Crippen LogP contribution in [0.4, 0.5) is 0 Å². The quantitative estimate of drug-likeness (QED) is 0.563. The highest BCUT2D eigenvalue weighted by Gasteiger charge is 1.93. The molecule has 0 aliphatic heterocycles. The van der Waals surface area contributed by atoms with E-state index in [9.17, 15) is 9.59 Å². The molecular formula is C14H26N2O2. The van der Waals surface area contributed by atoms with Crippen LogP contribution in [0.2, 0.25) is 0 Å². The van der Waals surface area contributed by atoms with Crippen molar-refractivity contribution in [2.45, 2.75) is 53.4 Å². The summed E-state index contributed by atoms with van der Waals surface area (Å²) in [6, 6.07) is 0. The number of unbranched alkanes of at least 4 members (excludes halogenated alkanes) is 2. The molecule has 0 aromatic rings. The third-order valence-electron chi connectivity index (χ3n) is 2.30. The lowest BCUT2D eigenvalue weighted by atomic mass is 10.2. The fourth-order valence-corrected chi connectivity index (χ4v) is 1.03. The van der Waals surface area contributed by atoms with E-state index >= 15 is 0 Å². The fourth-order valence-electron chi connectivity index (χ4n) is 1.03. The molecule has 0 spiro atoms. The zero-order valence-corrected chi connectivity index (χ0v) is 12.0. The normalized spacial score (nSPS) is 11.6. The largest absolute Gasteiger partial charge is 0.366 e. The topological polar surface area (TPSA) is 86.2 Å². The van der Waals surface area contributed by atoms with Gasteiger partial charge in [0, 0.05) is 11.1 Å². The van der Waals surface area contributed by atoms with Gasteiger partial charge in [-0.2, -0.15) is 0 Å². The van der Waals surface area contributed by atoms with Crippen molar-refractivity contribution in [2.75, 3.05) is 0 Å². The summed E-state index contributed by atoms with van der Waals surface area (Å²) in [6.07, 6.45) is 7.82. The van der Waals surface area contributed by atoms with E-state index in [4.69, 9.17) is 11.5 Å². The van der Waals surface area contributed by atoms with Crippen LogP contribution in [0.5, 0.6) is 0 Å². The molecule has 4 N–H and O–H groups in total. The van der Waals surface area contributed by atoms with E-state index in [2.05, 4.69) is 6.92 Å². The average molecular weight is 254 g/mol. The van der Waals surface area contributed by atoms with E-state index in [1.54, 1.807) is 13.8 Å². The van der Waals surface area contributed by atoms with Gasteiger partial charge in [-0.1, -0.05) is 38.8 Å². The van der Waals surface area contributed by atoms with Crippen molar-refractivity contribution in [1.82, 2.24) is 0 Å². The Morgan fingerprint density at radius 3 is 1.67 bits per heavy atom. The highest BCUT2D eigenvalue weighted by Crippen LogP contribution is 1.99. The van der Waals surface area contributed by atoms with Gasteiger partial charge in [0.1, 0.15) is 0 Å². The molecule has 2 amide bonds. The van der Waals surface area contributed by atoms with Crippen LogP contribution < -0.4 is 11.5 Å². The van der Waals surface area contributed by atoms with Crippen molar-refractivity contribution >= 4 is 11.8 Å². The monoisotopic (exact) mass is 254 g/mol. The number of rotatable bonds is 6. The molecule has 0 saturated carbocycles. The summed E-state index contributed by atoms with van der Waals surface area (Å²) in [6.45, 7) is 7.55. The van der Waals surface area contributed by atoms with Crippen molar-refractivity contribution in [3.63, 3.8) is 0 Å². The fraction of sp³-hybridized carbons (Fsp3) is 0.571. The van der Waals surface area contributed by atoms with Gasteiger partial charge in [0.15, 0.2) is 0 Å². The van der Waals surface area contributed by atoms with Gasteiger partial charge in [-0.15, -0.1) is 0 Å². The lowest BCUT2D eigenvalue weighted by Crippen LogP contribution is -2.11. The van der Waals surface area contributed by atoms with Crippen LogP contribution in [-0.4, -0.2) is 11.8 Å². The summed E-state index contributed by atoms with van der Waals surface area (Å²) < 4.78 is 0. The van der Waals surface area contributed by atoms with Crippen LogP contribution >= 0.6 is 0 Å². The summed E-state index contributed by atoms with van der Waals surface area (Å²) in [5, 5.41) is 0. The molecular weight excluding hydrogens is 228 g/mol. The number of allylic oxidation sites excluding steroid dienone is 2. The van der Waals surface area contributed by atoms with Gasteiger partial charge in [-0.25, -0.2) is 0 Å². The summed E-state index contributed by atoms with van der Waals surface area (Å²) in [5.74, 6) is -0.636. The number of carbonyl (C=O) groups excluding carboxylic acids is 2. The minimum atomic E-state index is -0.327. The second-order valence-electron chi connectivity index (χ2n) is 4.05. The van der Waals surface area contributed by atoms with E-state index < -0.39 is 0 Å². The number of hydrogen-bond acceptors (Lipinski definition) is 2. The van der Waals surface area contributed by atoms with Gasteiger partial charge in [-0.05, 0) is 26.7 Å². The molecule has 104 valence electrons. The lowest BCUT2D eigenvalue weighted by Gasteiger charge is -1.92. The third-order valence-corrected chi connectivity index (χ3v) is 2.30. The maximum Gasteiger partial charge on any atom is 0.244 e. The van der Waals surface area contributed by atoms with Crippen LogP contribution in [-0.2, 0) is 9.59 Å². The van der Waals surface area contributed by atoms with Crippen molar-refractivity contribution < 1.29 is 9.59 Å². The molecule has 0 unspecified atom stereocenters. The maximum atomic E-state index is 10.4. The summed E-state index contributed by atoms with van der Waals surface area (Å²) >= 11 is 0. The Morgan fingerprint density at radius 1 is 0.944 bits per heavy atom. The number of nitrogens with two attached hydrogens (primary N) is 2. The SMILES string of the molecule is CCC=C(C)C(N)=O.CCCCC=C(C)C(N)=O. The number of hydrogen-bond donors (Lipinski definition) is 2. The zero-order valence-electron chi connectivity index (χ0n) is 12.0. The van der Waals surface area contributed by atoms with Crippen LogP contribution in [0, 0.1) is 0 Å². The Hall–Kier alpha value is -1.58. The Balaban J connectivity index is 0. The first-order chi connectivity index (χ1) is 8.36. The molecule has 0 radical (unpaired) electrons. The highest BCUT2D eigenvalue weighted by atomic mass is 16.1. The number of primary amides is 2. The molecule has 0 rings (SSSR count). The molecule has 0 heterocycles. The Labute approximate surface area is 110 Å². The molecule has 0 saturated heterocycles. The summed E-state index contributed by atoms with van der Waals surface area (Å²) in [7, 11) is 0. The minimum absolute atomic E-state index is 0.309. The first kappa shape index (κ1) is 18.8. The van der Waals surface area contributed by atoms with Gasteiger partial charge in [0.25, 0.3) is 0 Å². The van der Waals surface area contributed by atoms with Crippen molar-refractivity contribution in [1.29, 1.82) is 0 Å². The first-order valence-electron chi connectivity index (χ1n) is 6.29. The molecule has 0 aromatic heterocycles. The van der Waals surface area contributed by atoms with Gasteiger partial charge in [0.2, 0.25) is 11.8 Å². The van der Waals surface area contributed by atoms with Crippen LogP contribution in [0.15, 0.2) is 23.3 Å². The molecule has 18 heavy (non-hydrogen) atoms. The van der Waals surface area contributed by atoms with E-state index in [1.807, 2.05) is 19.1 Å². The van der Waals surface area contributed by atoms with Gasteiger partial charge >= 0.3 is 0 Å². The molecule has 4 nitrogen and oxygen atoms in total. The van der Waals surface area contributed by atoms with Gasteiger partial charge < -0.3 is 11.5 Å². The first-order valence-corrected chi connectivity index (χ1v) is 6.29. The summed E-state index contributed by atoms with van der Waals surface area (Å²) in [4.78, 5) is 20.7. The van der Waals surface area contributed by atoms with Crippen molar-refractivity contribution in [3.8, 4) is 0 Å². The summed E-state index contributed by atoms with van der Waals surface area (Å²) in [5.41, 5.74) is 11.2. The molecule has 4 heteroatoms. The minimum Gasteiger partial charge on any atom is -0.366 e.